The van der Waals surface area contributed by atoms with Crippen LogP contribution in [0.2, 0.25) is 0 Å². The Kier molecular flexibility index (Phi) is 5.63. The van der Waals surface area contributed by atoms with Crippen LogP contribution in [0.5, 0.6) is 0 Å². The molecule has 0 aliphatic rings. The Bertz CT molecular complexity index is 340. The molecule has 1 unspecified atom stereocenters. The number of rotatable bonds is 6. The molecule has 0 aromatic carbocycles. The number of amides is 1. The van der Waals surface area contributed by atoms with Gasteiger partial charge in [0.25, 0.3) is 0 Å². The molecule has 17 heavy (non-hydrogen) atoms. The van der Waals surface area contributed by atoms with E-state index in [9.17, 15) is 4.79 Å². The van der Waals surface area contributed by atoms with Gasteiger partial charge in [-0.2, -0.15) is 0 Å². The molecule has 0 spiro atoms. The second kappa shape index (κ2) is 7.01. The summed E-state index contributed by atoms with van der Waals surface area (Å²) in [4.78, 5) is 15.7. The minimum absolute atomic E-state index is 0.00469. The van der Waals surface area contributed by atoms with Crippen molar-refractivity contribution in [3.8, 4) is 0 Å². The molecule has 0 saturated carbocycles. The second-order valence-corrected chi connectivity index (χ2v) is 4.27. The van der Waals surface area contributed by atoms with Crippen LogP contribution in [0, 0.1) is 0 Å². The van der Waals surface area contributed by atoms with Crippen LogP contribution in [0.25, 0.3) is 0 Å². The van der Waals surface area contributed by atoms with E-state index in [4.69, 9.17) is 0 Å². The Hall–Kier alpha value is -1.42. The first kappa shape index (κ1) is 13.6. The predicted octanol–water partition coefficient (Wildman–Crippen LogP) is 1.65. The van der Waals surface area contributed by atoms with Crippen molar-refractivity contribution >= 4 is 5.91 Å². The standard InChI is InChI=1S/C13H21N3O/c1-4-10(2)15-9-13(17)16-11(3)12-6-5-7-14-8-12/h5-8,10-11,15H,4,9H2,1-3H3,(H,16,17)/t10?,11-/m1/s1. The predicted molar refractivity (Wildman–Crippen MR) is 68.6 cm³/mol. The Labute approximate surface area is 103 Å². The SMILES string of the molecule is CCC(C)NCC(=O)N[C@H](C)c1cccnc1. The molecule has 0 bridgehead atoms. The van der Waals surface area contributed by atoms with Gasteiger partial charge in [0.05, 0.1) is 12.6 Å². The van der Waals surface area contributed by atoms with E-state index in [2.05, 4.69) is 29.5 Å². The van der Waals surface area contributed by atoms with Gasteiger partial charge in [-0.25, -0.2) is 0 Å². The van der Waals surface area contributed by atoms with Crippen molar-refractivity contribution in [3.63, 3.8) is 0 Å². The summed E-state index contributed by atoms with van der Waals surface area (Å²) in [5.41, 5.74) is 1.02. The van der Waals surface area contributed by atoms with Gasteiger partial charge in [0.2, 0.25) is 5.91 Å². The summed E-state index contributed by atoms with van der Waals surface area (Å²) in [6.45, 7) is 6.48. The Morgan fingerprint density at radius 3 is 2.82 bits per heavy atom. The van der Waals surface area contributed by atoms with Gasteiger partial charge >= 0.3 is 0 Å². The van der Waals surface area contributed by atoms with Crippen LogP contribution in [-0.2, 0) is 4.79 Å². The molecule has 1 aromatic heterocycles. The first-order chi connectivity index (χ1) is 8.13. The maximum atomic E-state index is 11.7. The molecule has 0 radical (unpaired) electrons. The van der Waals surface area contributed by atoms with Crippen molar-refractivity contribution in [1.29, 1.82) is 0 Å². The van der Waals surface area contributed by atoms with Crippen molar-refractivity contribution in [3.05, 3.63) is 30.1 Å². The van der Waals surface area contributed by atoms with Gasteiger partial charge in [-0.05, 0) is 31.9 Å². The van der Waals surface area contributed by atoms with Crippen molar-refractivity contribution in [2.45, 2.75) is 39.3 Å². The molecule has 1 amide bonds. The Morgan fingerprint density at radius 1 is 1.47 bits per heavy atom. The summed E-state index contributed by atoms with van der Waals surface area (Å²) < 4.78 is 0. The van der Waals surface area contributed by atoms with Gasteiger partial charge in [0.1, 0.15) is 0 Å². The highest BCUT2D eigenvalue weighted by Gasteiger charge is 2.09. The molecule has 2 N–H and O–H groups in total. The molecular formula is C13H21N3O. The number of carbonyl (C=O) groups is 1. The highest BCUT2D eigenvalue weighted by molar-refractivity contribution is 5.78. The Morgan fingerprint density at radius 2 is 2.24 bits per heavy atom. The highest BCUT2D eigenvalue weighted by atomic mass is 16.1. The molecule has 1 heterocycles. The van der Waals surface area contributed by atoms with Crippen LogP contribution in [0.3, 0.4) is 0 Å². The lowest BCUT2D eigenvalue weighted by atomic mass is 10.1. The first-order valence-electron chi connectivity index (χ1n) is 6.06. The topological polar surface area (TPSA) is 54.0 Å². The fourth-order valence-electron chi connectivity index (χ4n) is 1.42. The summed E-state index contributed by atoms with van der Waals surface area (Å²) in [6.07, 6.45) is 4.51. The van der Waals surface area contributed by atoms with E-state index >= 15 is 0 Å². The molecule has 0 fully saturated rings. The van der Waals surface area contributed by atoms with E-state index < -0.39 is 0 Å². The van der Waals surface area contributed by atoms with Gasteiger partial charge in [0.15, 0.2) is 0 Å². The normalized spacial score (nSPS) is 14.1. The molecule has 0 aliphatic carbocycles. The fourth-order valence-corrected chi connectivity index (χ4v) is 1.42. The van der Waals surface area contributed by atoms with Crippen LogP contribution >= 0.6 is 0 Å². The number of hydrogen-bond acceptors (Lipinski definition) is 3. The minimum atomic E-state index is -0.00469. The quantitative estimate of drug-likeness (QED) is 0.788. The van der Waals surface area contributed by atoms with E-state index in [1.807, 2.05) is 19.1 Å². The summed E-state index contributed by atoms with van der Waals surface area (Å²) >= 11 is 0. The number of pyridine rings is 1. The zero-order valence-electron chi connectivity index (χ0n) is 10.7. The van der Waals surface area contributed by atoms with Crippen LogP contribution in [0.4, 0.5) is 0 Å². The van der Waals surface area contributed by atoms with Crippen LogP contribution in [0.15, 0.2) is 24.5 Å². The van der Waals surface area contributed by atoms with Gasteiger partial charge in [0, 0.05) is 18.4 Å². The van der Waals surface area contributed by atoms with E-state index in [0.29, 0.717) is 12.6 Å². The van der Waals surface area contributed by atoms with Crippen molar-refractivity contribution in [2.75, 3.05) is 6.54 Å². The smallest absolute Gasteiger partial charge is 0.234 e. The molecule has 1 rings (SSSR count). The van der Waals surface area contributed by atoms with Crippen LogP contribution in [0.1, 0.15) is 38.8 Å². The lowest BCUT2D eigenvalue weighted by molar-refractivity contribution is -0.121. The zero-order chi connectivity index (χ0) is 12.7. The van der Waals surface area contributed by atoms with Crippen molar-refractivity contribution in [1.82, 2.24) is 15.6 Å². The molecule has 0 saturated heterocycles. The van der Waals surface area contributed by atoms with E-state index in [1.54, 1.807) is 12.4 Å². The number of nitrogens with one attached hydrogen (secondary N) is 2. The van der Waals surface area contributed by atoms with E-state index in [1.165, 1.54) is 0 Å². The monoisotopic (exact) mass is 235 g/mol. The van der Waals surface area contributed by atoms with Crippen LogP contribution in [-0.4, -0.2) is 23.5 Å². The minimum Gasteiger partial charge on any atom is -0.348 e. The fraction of sp³-hybridized carbons (Fsp3) is 0.538. The summed E-state index contributed by atoms with van der Waals surface area (Å²) in [7, 11) is 0. The number of carbonyl (C=O) groups excluding carboxylic acids is 1. The summed E-state index contributed by atoms with van der Waals surface area (Å²) in [5, 5.41) is 6.10. The maximum absolute atomic E-state index is 11.7. The van der Waals surface area contributed by atoms with Crippen molar-refractivity contribution in [2.24, 2.45) is 0 Å². The highest BCUT2D eigenvalue weighted by Crippen LogP contribution is 2.08. The van der Waals surface area contributed by atoms with Gasteiger partial charge < -0.3 is 10.6 Å². The molecule has 94 valence electrons. The number of aromatic nitrogens is 1. The first-order valence-corrected chi connectivity index (χ1v) is 6.06. The Balaban J connectivity index is 2.36. The van der Waals surface area contributed by atoms with Crippen molar-refractivity contribution < 1.29 is 4.79 Å². The number of hydrogen-bond donors (Lipinski definition) is 2. The van der Waals surface area contributed by atoms with Gasteiger partial charge in [-0.1, -0.05) is 13.0 Å². The molecular weight excluding hydrogens is 214 g/mol. The molecule has 2 atom stereocenters. The molecule has 1 aromatic rings. The second-order valence-electron chi connectivity index (χ2n) is 4.27. The molecule has 0 aliphatic heterocycles. The van der Waals surface area contributed by atoms with Gasteiger partial charge in [-0.15, -0.1) is 0 Å². The summed E-state index contributed by atoms with van der Waals surface area (Å²) in [6, 6.07) is 4.19. The largest absolute Gasteiger partial charge is 0.348 e. The van der Waals surface area contributed by atoms with Crippen LogP contribution < -0.4 is 10.6 Å². The maximum Gasteiger partial charge on any atom is 0.234 e. The lowest BCUT2D eigenvalue weighted by Gasteiger charge is -2.15. The summed E-state index contributed by atoms with van der Waals surface area (Å²) in [5.74, 6) is 0.0154. The zero-order valence-corrected chi connectivity index (χ0v) is 10.7. The number of nitrogens with zero attached hydrogens (tertiary/aromatic N) is 1. The third-order valence-electron chi connectivity index (χ3n) is 2.79. The average molecular weight is 235 g/mol. The van der Waals surface area contributed by atoms with Gasteiger partial charge in [-0.3, -0.25) is 9.78 Å². The third kappa shape index (κ3) is 4.95. The average Bonchev–Trinajstić information content (AvgIpc) is 2.36. The van der Waals surface area contributed by atoms with E-state index in [0.717, 1.165) is 12.0 Å². The third-order valence-corrected chi connectivity index (χ3v) is 2.79. The molecule has 4 nitrogen and oxygen atoms in total. The molecule has 4 heteroatoms. The van der Waals surface area contributed by atoms with E-state index in [-0.39, 0.29) is 11.9 Å². The lowest BCUT2D eigenvalue weighted by Crippen LogP contribution is -2.38.